The van der Waals surface area contributed by atoms with Crippen LogP contribution >= 0.6 is 0 Å². The number of halogens is 3. The summed E-state index contributed by atoms with van der Waals surface area (Å²) < 4.78 is 38.8. The zero-order valence-corrected chi connectivity index (χ0v) is 20.8. The lowest BCUT2D eigenvalue weighted by atomic mass is 9.98. The van der Waals surface area contributed by atoms with Crippen LogP contribution in [0.2, 0.25) is 0 Å². The van der Waals surface area contributed by atoms with Crippen LogP contribution in [0, 0.1) is 0 Å². The highest BCUT2D eigenvalue weighted by Gasteiger charge is 2.30. The lowest BCUT2D eigenvalue weighted by Gasteiger charge is -2.36. The Morgan fingerprint density at radius 2 is 1.55 bits per heavy atom. The van der Waals surface area contributed by atoms with Crippen molar-refractivity contribution in [3.63, 3.8) is 0 Å². The molecule has 1 aromatic heterocycles. The third kappa shape index (κ3) is 6.08. The summed E-state index contributed by atoms with van der Waals surface area (Å²) in [6, 6.07) is 23.7. The first-order chi connectivity index (χ1) is 18.4. The van der Waals surface area contributed by atoms with Crippen molar-refractivity contribution in [1.82, 2.24) is 9.88 Å². The normalized spacial score (nSPS) is 14.4. The van der Waals surface area contributed by atoms with E-state index in [1.165, 1.54) is 17.8 Å². The number of piperazine rings is 1. The van der Waals surface area contributed by atoms with Gasteiger partial charge < -0.3 is 15.2 Å². The van der Waals surface area contributed by atoms with E-state index in [9.17, 15) is 18.0 Å². The average Bonchev–Trinajstić information content (AvgIpc) is 3.46. The van der Waals surface area contributed by atoms with E-state index in [1.54, 1.807) is 24.3 Å². The third-order valence-corrected chi connectivity index (χ3v) is 6.92. The molecule has 5 rings (SSSR count). The van der Waals surface area contributed by atoms with E-state index < -0.39 is 11.7 Å². The van der Waals surface area contributed by atoms with Gasteiger partial charge in [-0.3, -0.25) is 9.69 Å². The number of amides is 1. The van der Waals surface area contributed by atoms with Gasteiger partial charge in [0.05, 0.1) is 5.56 Å². The van der Waals surface area contributed by atoms with E-state index in [-0.39, 0.29) is 5.91 Å². The third-order valence-electron chi connectivity index (χ3n) is 6.92. The molecule has 5 nitrogen and oxygen atoms in total. The number of anilines is 2. The standard InChI is InChI=1S/C30H29F3N4O/c31-30(32,33)23-9-7-22(8-10-23)27-5-1-2-6-28(27)29(38)35-25-11-13-26(14-12-25)37-20-18-36(19-21-37)17-15-24-4-3-16-34-24/h1-14,16,34H,15,17-21H2,(H,35,38). The molecule has 1 saturated heterocycles. The van der Waals surface area contributed by atoms with Gasteiger partial charge in [-0.15, -0.1) is 0 Å². The van der Waals surface area contributed by atoms with Gasteiger partial charge >= 0.3 is 6.18 Å². The molecule has 1 aliphatic rings. The summed E-state index contributed by atoms with van der Waals surface area (Å²) in [5, 5.41) is 2.92. The van der Waals surface area contributed by atoms with Crippen LogP contribution in [0.4, 0.5) is 24.5 Å². The van der Waals surface area contributed by atoms with Gasteiger partial charge in [-0.2, -0.15) is 13.2 Å². The maximum atomic E-state index is 13.1. The summed E-state index contributed by atoms with van der Waals surface area (Å²) >= 11 is 0. The van der Waals surface area contributed by atoms with Crippen LogP contribution in [-0.4, -0.2) is 48.5 Å². The molecule has 0 bridgehead atoms. The minimum atomic E-state index is -4.40. The number of nitrogens with one attached hydrogen (secondary N) is 2. The summed E-state index contributed by atoms with van der Waals surface area (Å²) in [6.07, 6.45) is -1.43. The van der Waals surface area contributed by atoms with E-state index >= 15 is 0 Å². The molecule has 1 fully saturated rings. The summed E-state index contributed by atoms with van der Waals surface area (Å²) in [6.45, 7) is 4.92. The van der Waals surface area contributed by atoms with E-state index in [0.717, 1.165) is 57.0 Å². The van der Waals surface area contributed by atoms with Crippen LogP contribution in [-0.2, 0) is 12.6 Å². The van der Waals surface area contributed by atoms with Crippen molar-refractivity contribution in [2.75, 3.05) is 42.9 Å². The fourth-order valence-corrected chi connectivity index (χ4v) is 4.76. The van der Waals surface area contributed by atoms with Gasteiger partial charge in [-0.1, -0.05) is 30.3 Å². The van der Waals surface area contributed by atoms with Crippen molar-refractivity contribution in [3.8, 4) is 11.1 Å². The van der Waals surface area contributed by atoms with Gasteiger partial charge in [0.1, 0.15) is 0 Å². The molecule has 0 atom stereocenters. The smallest absolute Gasteiger partial charge is 0.369 e. The first kappa shape index (κ1) is 25.6. The van der Waals surface area contributed by atoms with E-state index in [2.05, 4.69) is 26.2 Å². The Labute approximate surface area is 219 Å². The van der Waals surface area contributed by atoms with Gasteiger partial charge in [-0.05, 0) is 65.7 Å². The number of hydrogen-bond acceptors (Lipinski definition) is 3. The van der Waals surface area contributed by atoms with Crippen molar-refractivity contribution in [3.05, 3.63) is 108 Å². The molecule has 2 heterocycles. The zero-order valence-electron chi connectivity index (χ0n) is 20.8. The molecule has 196 valence electrons. The largest absolute Gasteiger partial charge is 0.416 e. The van der Waals surface area contributed by atoms with E-state index in [0.29, 0.717) is 22.4 Å². The number of nitrogens with zero attached hydrogens (tertiary/aromatic N) is 2. The maximum Gasteiger partial charge on any atom is 0.416 e. The Morgan fingerprint density at radius 1 is 0.842 bits per heavy atom. The Kier molecular flexibility index (Phi) is 7.51. The topological polar surface area (TPSA) is 51.4 Å². The van der Waals surface area contributed by atoms with Crippen LogP contribution in [0.25, 0.3) is 11.1 Å². The van der Waals surface area contributed by atoms with Crippen LogP contribution < -0.4 is 10.2 Å². The first-order valence-corrected chi connectivity index (χ1v) is 12.6. The number of carbonyl (C=O) groups excluding carboxylic acids is 1. The van der Waals surface area contributed by atoms with Gasteiger partial charge in [0.25, 0.3) is 5.91 Å². The minimum Gasteiger partial charge on any atom is -0.369 e. The highest BCUT2D eigenvalue weighted by atomic mass is 19.4. The number of hydrogen-bond donors (Lipinski definition) is 2. The van der Waals surface area contributed by atoms with E-state index in [1.807, 2.05) is 36.5 Å². The average molecular weight is 519 g/mol. The van der Waals surface area contributed by atoms with Crippen molar-refractivity contribution in [1.29, 1.82) is 0 Å². The molecule has 0 radical (unpaired) electrons. The summed E-state index contributed by atoms with van der Waals surface area (Å²) in [5.41, 5.74) is 3.82. The number of benzene rings is 3. The monoisotopic (exact) mass is 518 g/mol. The Morgan fingerprint density at radius 3 is 2.21 bits per heavy atom. The molecular weight excluding hydrogens is 489 g/mol. The quantitative estimate of drug-likeness (QED) is 0.301. The minimum absolute atomic E-state index is 0.316. The molecule has 0 unspecified atom stereocenters. The molecule has 38 heavy (non-hydrogen) atoms. The van der Waals surface area contributed by atoms with Crippen molar-refractivity contribution < 1.29 is 18.0 Å². The lowest BCUT2D eigenvalue weighted by Crippen LogP contribution is -2.47. The highest BCUT2D eigenvalue weighted by Crippen LogP contribution is 2.32. The van der Waals surface area contributed by atoms with Crippen LogP contribution in [0.15, 0.2) is 91.1 Å². The van der Waals surface area contributed by atoms with Gasteiger partial charge in [-0.25, -0.2) is 0 Å². The molecule has 0 aliphatic carbocycles. The number of alkyl halides is 3. The summed E-state index contributed by atoms with van der Waals surface area (Å²) in [7, 11) is 0. The number of aromatic nitrogens is 1. The molecule has 0 spiro atoms. The molecule has 2 N–H and O–H groups in total. The van der Waals surface area contributed by atoms with Gasteiger partial charge in [0, 0.05) is 68.0 Å². The van der Waals surface area contributed by atoms with Crippen LogP contribution in [0.3, 0.4) is 0 Å². The fourth-order valence-electron chi connectivity index (χ4n) is 4.76. The zero-order chi connectivity index (χ0) is 26.5. The van der Waals surface area contributed by atoms with Crippen LogP contribution in [0.5, 0.6) is 0 Å². The Bertz CT molecular complexity index is 1340. The maximum absolute atomic E-state index is 13.1. The van der Waals surface area contributed by atoms with Crippen molar-refractivity contribution in [2.24, 2.45) is 0 Å². The Balaban J connectivity index is 1.19. The van der Waals surface area contributed by atoms with Gasteiger partial charge in [0.2, 0.25) is 0 Å². The van der Waals surface area contributed by atoms with Crippen molar-refractivity contribution >= 4 is 17.3 Å². The molecule has 1 aliphatic heterocycles. The highest BCUT2D eigenvalue weighted by molar-refractivity contribution is 6.08. The lowest BCUT2D eigenvalue weighted by molar-refractivity contribution is -0.137. The molecule has 8 heteroatoms. The fraction of sp³-hybridized carbons (Fsp3) is 0.233. The second kappa shape index (κ2) is 11.1. The second-order valence-corrected chi connectivity index (χ2v) is 9.40. The molecular formula is C30H29F3N4O. The summed E-state index contributed by atoms with van der Waals surface area (Å²) in [4.78, 5) is 21.2. The predicted octanol–water partition coefficient (Wildman–Crippen LogP) is 6.32. The number of rotatable bonds is 7. The SMILES string of the molecule is O=C(Nc1ccc(N2CCN(CCc3ccc[nH]3)CC2)cc1)c1ccccc1-c1ccc(C(F)(F)F)cc1. The second-order valence-electron chi connectivity index (χ2n) is 9.40. The molecule has 3 aromatic carbocycles. The van der Waals surface area contributed by atoms with Crippen LogP contribution in [0.1, 0.15) is 21.6 Å². The number of carbonyl (C=O) groups is 1. The Hall–Kier alpha value is -4.04. The number of aromatic amines is 1. The molecule has 1 amide bonds. The first-order valence-electron chi connectivity index (χ1n) is 12.6. The molecule has 4 aromatic rings. The predicted molar refractivity (Wildman–Crippen MR) is 144 cm³/mol. The molecule has 0 saturated carbocycles. The van der Waals surface area contributed by atoms with Crippen molar-refractivity contribution in [2.45, 2.75) is 12.6 Å². The number of H-pyrrole nitrogens is 1. The van der Waals surface area contributed by atoms with Gasteiger partial charge in [0.15, 0.2) is 0 Å². The van der Waals surface area contributed by atoms with E-state index in [4.69, 9.17) is 0 Å². The summed E-state index contributed by atoms with van der Waals surface area (Å²) in [5.74, 6) is -0.316.